The first-order valence-electron chi connectivity index (χ1n) is 2.19. The molecule has 0 aromatic rings. The quantitative estimate of drug-likeness (QED) is 0.438. The summed E-state index contributed by atoms with van der Waals surface area (Å²) in [7, 11) is -3.35. The second-order valence-corrected chi connectivity index (χ2v) is 3.32. The second kappa shape index (κ2) is 1.68. The Kier molecular flexibility index (Phi) is 1.26. The van der Waals surface area contributed by atoms with Gasteiger partial charge in [-0.2, -0.15) is 8.42 Å². The summed E-state index contributed by atoms with van der Waals surface area (Å²) in [5.74, 6) is -0.0613. The fourth-order valence-corrected chi connectivity index (χ4v) is 1.53. The van der Waals surface area contributed by atoms with Crippen LogP contribution in [0.5, 0.6) is 0 Å². The highest BCUT2D eigenvalue weighted by atomic mass is 32.2. The number of rotatable bonds is 0. The molecule has 5 heteroatoms. The molecule has 0 saturated carbocycles. The van der Waals surface area contributed by atoms with Crippen LogP contribution in [0.25, 0.3) is 0 Å². The van der Waals surface area contributed by atoms with Crippen molar-refractivity contribution in [2.24, 2.45) is 0 Å². The minimum atomic E-state index is -3.35. The highest BCUT2D eigenvalue weighted by molar-refractivity contribution is 7.86. The fraction of sp³-hybridized carbons (Fsp3) is 1.00. The molecule has 1 unspecified atom stereocenters. The van der Waals surface area contributed by atoms with E-state index in [4.69, 9.17) is 5.11 Å². The molecule has 1 heterocycles. The molecule has 1 fully saturated rings. The predicted octanol–water partition coefficient (Wildman–Crippen LogP) is -0.945. The molecule has 1 saturated heterocycles. The maximum atomic E-state index is 10.3. The van der Waals surface area contributed by atoms with Gasteiger partial charge in [0.25, 0.3) is 10.1 Å². The molecule has 48 valence electrons. The predicted molar refractivity (Wildman–Crippen MR) is 25.5 cm³/mol. The van der Waals surface area contributed by atoms with Crippen LogP contribution in [0.15, 0.2) is 0 Å². The van der Waals surface area contributed by atoms with Crippen LogP contribution in [-0.2, 0) is 14.3 Å². The summed E-state index contributed by atoms with van der Waals surface area (Å²) in [6.07, 6.45) is -0.900. The van der Waals surface area contributed by atoms with E-state index in [-0.39, 0.29) is 12.2 Å². The van der Waals surface area contributed by atoms with E-state index in [1.807, 2.05) is 0 Å². The Bertz CT molecular complexity index is 170. The van der Waals surface area contributed by atoms with E-state index in [2.05, 4.69) is 4.18 Å². The van der Waals surface area contributed by atoms with Crippen LogP contribution in [0.1, 0.15) is 6.42 Å². The smallest absolute Gasteiger partial charge is 0.269 e. The van der Waals surface area contributed by atoms with Crippen molar-refractivity contribution in [1.82, 2.24) is 0 Å². The molecule has 8 heavy (non-hydrogen) atoms. The summed E-state index contributed by atoms with van der Waals surface area (Å²) in [6, 6.07) is 0. The average molecular weight is 138 g/mol. The van der Waals surface area contributed by atoms with Crippen LogP contribution < -0.4 is 0 Å². The summed E-state index contributed by atoms with van der Waals surface area (Å²) in [5, 5.41) is 8.46. The lowest BCUT2D eigenvalue weighted by atomic mass is 10.5. The van der Waals surface area contributed by atoms with Gasteiger partial charge in [-0.05, 0) is 0 Å². The minimum Gasteiger partial charge on any atom is -0.367 e. The Hall–Kier alpha value is -0.130. The maximum Gasteiger partial charge on any atom is 0.269 e. The Morgan fingerprint density at radius 1 is 1.62 bits per heavy atom. The summed E-state index contributed by atoms with van der Waals surface area (Å²) >= 11 is 0. The van der Waals surface area contributed by atoms with Gasteiger partial charge in [0.15, 0.2) is 6.29 Å². The molecule has 1 rings (SSSR count). The normalized spacial score (nSPS) is 35.4. The van der Waals surface area contributed by atoms with E-state index >= 15 is 0 Å². The van der Waals surface area contributed by atoms with Gasteiger partial charge in [-0.15, -0.1) is 0 Å². The van der Waals surface area contributed by atoms with Crippen molar-refractivity contribution in [3.8, 4) is 0 Å². The largest absolute Gasteiger partial charge is 0.367 e. The zero-order chi connectivity index (χ0) is 6.20. The van der Waals surface area contributed by atoms with Crippen LogP contribution >= 0.6 is 0 Å². The lowest BCUT2D eigenvalue weighted by Gasteiger charge is -1.92. The molecule has 4 nitrogen and oxygen atoms in total. The Labute approximate surface area is 47.2 Å². The van der Waals surface area contributed by atoms with Crippen LogP contribution in [-0.4, -0.2) is 25.6 Å². The van der Waals surface area contributed by atoms with Crippen LogP contribution in [0.2, 0.25) is 0 Å². The zero-order valence-corrected chi connectivity index (χ0v) is 4.89. The van der Waals surface area contributed by atoms with Crippen LogP contribution in [0, 0.1) is 0 Å². The van der Waals surface area contributed by atoms with E-state index < -0.39 is 16.4 Å². The third-order valence-corrected chi connectivity index (χ3v) is 2.12. The van der Waals surface area contributed by atoms with E-state index in [1.165, 1.54) is 0 Å². The lowest BCUT2D eigenvalue weighted by Crippen LogP contribution is -2.04. The van der Waals surface area contributed by atoms with Gasteiger partial charge in [0, 0.05) is 6.42 Å². The highest BCUT2D eigenvalue weighted by Crippen LogP contribution is 2.12. The van der Waals surface area contributed by atoms with E-state index in [1.54, 1.807) is 0 Å². The lowest BCUT2D eigenvalue weighted by molar-refractivity contribution is 0.00353. The van der Waals surface area contributed by atoms with Gasteiger partial charge in [0.05, 0.1) is 5.75 Å². The molecule has 0 amide bonds. The Morgan fingerprint density at radius 2 is 2.25 bits per heavy atom. The van der Waals surface area contributed by atoms with Crippen molar-refractivity contribution >= 4 is 10.1 Å². The molecule has 0 aliphatic carbocycles. The van der Waals surface area contributed by atoms with E-state index in [0.717, 1.165) is 0 Å². The maximum absolute atomic E-state index is 10.3. The first-order chi connectivity index (χ1) is 3.60. The number of hydrogen-bond acceptors (Lipinski definition) is 4. The standard InChI is InChI=1S/C3H6O4S/c4-3-1-2-8(5,6)7-3/h3-4H,1-2H2. The van der Waals surface area contributed by atoms with Gasteiger partial charge in [0.1, 0.15) is 0 Å². The van der Waals surface area contributed by atoms with Crippen molar-refractivity contribution in [3.63, 3.8) is 0 Å². The van der Waals surface area contributed by atoms with Crippen LogP contribution in [0.3, 0.4) is 0 Å². The van der Waals surface area contributed by atoms with Gasteiger partial charge in [-0.25, -0.2) is 4.18 Å². The van der Waals surface area contributed by atoms with Crippen molar-refractivity contribution in [2.45, 2.75) is 12.7 Å². The molecule has 1 aliphatic heterocycles. The zero-order valence-electron chi connectivity index (χ0n) is 4.07. The summed E-state index contributed by atoms with van der Waals surface area (Å²) in [6.45, 7) is 0. The van der Waals surface area contributed by atoms with Gasteiger partial charge in [-0.1, -0.05) is 0 Å². The van der Waals surface area contributed by atoms with Crippen molar-refractivity contribution in [2.75, 3.05) is 5.75 Å². The van der Waals surface area contributed by atoms with E-state index in [9.17, 15) is 8.42 Å². The molecular weight excluding hydrogens is 132 g/mol. The monoisotopic (exact) mass is 138 g/mol. The third-order valence-electron chi connectivity index (χ3n) is 0.872. The average Bonchev–Trinajstić information content (AvgIpc) is 1.82. The molecular formula is C3H6O4S. The molecule has 0 aromatic heterocycles. The molecule has 0 spiro atoms. The number of aliphatic hydroxyl groups excluding tert-OH is 1. The Balaban J connectivity index is 2.71. The highest BCUT2D eigenvalue weighted by Gasteiger charge is 2.26. The molecule has 1 N–H and O–H groups in total. The SMILES string of the molecule is O=S1(=O)CCC(O)O1. The third kappa shape index (κ3) is 1.18. The summed E-state index contributed by atoms with van der Waals surface area (Å²) in [4.78, 5) is 0. The van der Waals surface area contributed by atoms with Gasteiger partial charge < -0.3 is 5.11 Å². The fourth-order valence-electron chi connectivity index (χ4n) is 0.511. The topological polar surface area (TPSA) is 63.6 Å². The van der Waals surface area contributed by atoms with Crippen molar-refractivity contribution in [1.29, 1.82) is 0 Å². The van der Waals surface area contributed by atoms with Crippen molar-refractivity contribution < 1.29 is 17.7 Å². The minimum absolute atomic E-state index is 0.0613. The van der Waals surface area contributed by atoms with Gasteiger partial charge in [0.2, 0.25) is 0 Å². The number of aliphatic hydroxyl groups is 1. The first-order valence-corrected chi connectivity index (χ1v) is 3.77. The van der Waals surface area contributed by atoms with Gasteiger partial charge in [-0.3, -0.25) is 0 Å². The summed E-state index contributed by atoms with van der Waals surface area (Å²) < 4.78 is 24.6. The molecule has 0 radical (unpaired) electrons. The van der Waals surface area contributed by atoms with Crippen molar-refractivity contribution in [3.05, 3.63) is 0 Å². The molecule has 1 aliphatic rings. The first kappa shape index (κ1) is 6.00. The van der Waals surface area contributed by atoms with Crippen LogP contribution in [0.4, 0.5) is 0 Å². The second-order valence-electron chi connectivity index (χ2n) is 1.60. The Morgan fingerprint density at radius 3 is 2.38 bits per heavy atom. The summed E-state index contributed by atoms with van der Waals surface area (Å²) in [5.41, 5.74) is 0. The van der Waals surface area contributed by atoms with E-state index in [0.29, 0.717) is 0 Å². The molecule has 1 atom stereocenters. The molecule has 0 bridgehead atoms. The van der Waals surface area contributed by atoms with Gasteiger partial charge >= 0.3 is 0 Å². The molecule has 0 aromatic carbocycles. The number of hydrogen-bond donors (Lipinski definition) is 1.